The van der Waals surface area contributed by atoms with Crippen LogP contribution in [-0.2, 0) is 0 Å². The first-order valence-corrected chi connectivity index (χ1v) is 7.80. The van der Waals surface area contributed by atoms with Gasteiger partial charge in [0, 0.05) is 28.3 Å². The Labute approximate surface area is 138 Å². The third-order valence-electron chi connectivity index (χ3n) is 3.32. The summed E-state index contributed by atoms with van der Waals surface area (Å²) in [4.78, 5) is 2.50. The average molecular weight is 365 g/mol. The molecule has 0 atom stereocenters. The van der Waals surface area contributed by atoms with Crippen molar-refractivity contribution in [3.05, 3.63) is 52.0 Å². The lowest BCUT2D eigenvalue weighted by Crippen LogP contribution is -2.18. The van der Waals surface area contributed by atoms with Crippen LogP contribution < -0.4 is 10.6 Å². The maximum atomic E-state index is 9.74. The highest BCUT2D eigenvalue weighted by atomic mass is 79.9. The fourth-order valence-corrected chi connectivity index (χ4v) is 2.96. The molecule has 2 aromatic carbocycles. The summed E-state index contributed by atoms with van der Waals surface area (Å²) < 4.78 is 0.914. The Hall–Kier alpha value is -1.59. The van der Waals surface area contributed by atoms with Crippen LogP contribution in [0.25, 0.3) is 0 Å². The molecular formula is C16H17BrN2OS. The molecule has 0 heterocycles. The van der Waals surface area contributed by atoms with Crippen LogP contribution in [0.3, 0.4) is 0 Å². The van der Waals surface area contributed by atoms with Crippen LogP contribution in [-0.4, -0.2) is 16.6 Å². The molecule has 110 valence electrons. The van der Waals surface area contributed by atoms with E-state index < -0.39 is 0 Å². The predicted octanol–water partition coefficient (Wildman–Crippen LogP) is 4.26. The third-order valence-corrected chi connectivity index (χ3v) is 4.19. The summed E-state index contributed by atoms with van der Waals surface area (Å²) in [5.74, 6) is 0.255. The molecule has 0 unspecified atom stereocenters. The molecule has 0 aliphatic heterocycles. The number of thiocarbonyl (C=S) groups is 1. The van der Waals surface area contributed by atoms with Crippen molar-refractivity contribution in [3.63, 3.8) is 0 Å². The minimum absolute atomic E-state index is 0.255. The van der Waals surface area contributed by atoms with Gasteiger partial charge < -0.3 is 15.7 Å². The maximum Gasteiger partial charge on any atom is 0.117 e. The van der Waals surface area contributed by atoms with Gasteiger partial charge in [-0.05, 0) is 59.6 Å². The molecule has 2 rings (SSSR count). The first-order chi connectivity index (χ1) is 9.93. The van der Waals surface area contributed by atoms with E-state index in [2.05, 4.69) is 27.8 Å². The molecule has 0 bridgehead atoms. The molecule has 0 aliphatic carbocycles. The minimum atomic E-state index is 0.255. The Kier molecular flexibility index (Phi) is 4.85. The van der Waals surface area contributed by atoms with Gasteiger partial charge in [0.25, 0.3) is 0 Å². The molecule has 0 saturated heterocycles. The number of rotatable bonds is 4. The Morgan fingerprint density at radius 2 is 1.95 bits per heavy atom. The van der Waals surface area contributed by atoms with Crippen molar-refractivity contribution >= 4 is 44.5 Å². The van der Waals surface area contributed by atoms with E-state index in [1.54, 1.807) is 12.1 Å². The largest absolute Gasteiger partial charge is 0.508 e. The number of aromatic hydroxyl groups is 1. The number of hydrogen-bond acceptors (Lipinski definition) is 3. The average Bonchev–Trinajstić information content (AvgIpc) is 2.44. The fraction of sp³-hybridized carbons (Fsp3) is 0.188. The molecule has 3 nitrogen and oxygen atoms in total. The zero-order valence-electron chi connectivity index (χ0n) is 11.9. The number of benzene rings is 2. The lowest BCUT2D eigenvalue weighted by atomic mass is 10.1. The highest BCUT2D eigenvalue weighted by Crippen LogP contribution is 2.35. The maximum absolute atomic E-state index is 9.74. The molecule has 0 radical (unpaired) electrons. The van der Waals surface area contributed by atoms with E-state index in [1.807, 2.05) is 31.2 Å². The van der Waals surface area contributed by atoms with Gasteiger partial charge in [0.1, 0.15) is 10.7 Å². The minimum Gasteiger partial charge on any atom is -0.508 e. The van der Waals surface area contributed by atoms with Crippen molar-refractivity contribution in [2.75, 3.05) is 11.4 Å². The van der Waals surface area contributed by atoms with Crippen molar-refractivity contribution in [2.45, 2.75) is 13.8 Å². The van der Waals surface area contributed by atoms with Crippen molar-refractivity contribution in [1.82, 2.24) is 0 Å². The van der Waals surface area contributed by atoms with Crippen molar-refractivity contribution in [2.24, 2.45) is 5.73 Å². The van der Waals surface area contributed by atoms with Crippen LogP contribution in [0.2, 0.25) is 0 Å². The van der Waals surface area contributed by atoms with Gasteiger partial charge in [-0.25, -0.2) is 0 Å². The second kappa shape index (κ2) is 6.45. The van der Waals surface area contributed by atoms with Crippen LogP contribution >= 0.6 is 28.1 Å². The second-order valence-corrected chi connectivity index (χ2v) is 6.04. The van der Waals surface area contributed by atoms with Crippen LogP contribution in [0.1, 0.15) is 18.1 Å². The van der Waals surface area contributed by atoms with E-state index in [9.17, 15) is 5.11 Å². The summed E-state index contributed by atoms with van der Waals surface area (Å²) >= 11 is 8.58. The number of halogens is 1. The van der Waals surface area contributed by atoms with Crippen LogP contribution in [0.15, 0.2) is 40.9 Å². The molecule has 0 aliphatic rings. The van der Waals surface area contributed by atoms with Crippen LogP contribution in [0.5, 0.6) is 5.75 Å². The number of nitrogens with zero attached hydrogens (tertiary/aromatic N) is 1. The molecule has 21 heavy (non-hydrogen) atoms. The molecule has 0 saturated carbocycles. The second-order valence-electron chi connectivity index (χ2n) is 4.75. The Morgan fingerprint density at radius 3 is 2.52 bits per heavy atom. The zero-order valence-corrected chi connectivity index (χ0v) is 14.3. The van der Waals surface area contributed by atoms with E-state index in [0.717, 1.165) is 33.5 Å². The van der Waals surface area contributed by atoms with Crippen LogP contribution in [0.4, 0.5) is 11.4 Å². The smallest absolute Gasteiger partial charge is 0.117 e. The lowest BCUT2D eigenvalue weighted by Gasteiger charge is -2.26. The van der Waals surface area contributed by atoms with Gasteiger partial charge in [0.15, 0.2) is 0 Å². The van der Waals surface area contributed by atoms with E-state index >= 15 is 0 Å². The van der Waals surface area contributed by atoms with Gasteiger partial charge in [-0.3, -0.25) is 0 Å². The molecule has 0 spiro atoms. The van der Waals surface area contributed by atoms with E-state index in [-0.39, 0.29) is 5.75 Å². The highest BCUT2D eigenvalue weighted by Gasteiger charge is 2.14. The van der Waals surface area contributed by atoms with E-state index in [1.165, 1.54) is 0 Å². The van der Waals surface area contributed by atoms with Gasteiger partial charge in [-0.1, -0.05) is 18.3 Å². The summed E-state index contributed by atoms with van der Waals surface area (Å²) in [6.07, 6.45) is 0. The number of nitrogens with two attached hydrogens (primary N) is 1. The molecule has 3 N–H and O–H groups in total. The SMILES string of the molecule is CCN(c1cc(O)ccc1C)c1ccc(C(N)=S)cc1Br. The summed E-state index contributed by atoms with van der Waals surface area (Å²) in [7, 11) is 0. The van der Waals surface area contributed by atoms with Crippen molar-refractivity contribution in [3.8, 4) is 5.75 Å². The van der Waals surface area contributed by atoms with Crippen LogP contribution in [0, 0.1) is 6.92 Å². The molecule has 0 fully saturated rings. The third kappa shape index (κ3) is 3.36. The quantitative estimate of drug-likeness (QED) is 0.795. The monoisotopic (exact) mass is 364 g/mol. The van der Waals surface area contributed by atoms with Crippen molar-refractivity contribution in [1.29, 1.82) is 0 Å². The summed E-state index contributed by atoms with van der Waals surface area (Å²) in [5, 5.41) is 9.74. The number of phenols is 1. The van der Waals surface area contributed by atoms with Gasteiger partial charge in [0.05, 0.1) is 5.69 Å². The predicted molar refractivity (Wildman–Crippen MR) is 95.6 cm³/mol. The Morgan fingerprint density at radius 1 is 1.24 bits per heavy atom. The van der Waals surface area contributed by atoms with E-state index in [0.29, 0.717) is 4.99 Å². The van der Waals surface area contributed by atoms with Crippen molar-refractivity contribution < 1.29 is 5.11 Å². The van der Waals surface area contributed by atoms with Gasteiger partial charge >= 0.3 is 0 Å². The number of hydrogen-bond donors (Lipinski definition) is 2. The van der Waals surface area contributed by atoms with Gasteiger partial charge in [-0.15, -0.1) is 0 Å². The summed E-state index contributed by atoms with van der Waals surface area (Å²) in [5.41, 5.74) is 9.56. The molecule has 5 heteroatoms. The Bertz CT molecular complexity index is 688. The topological polar surface area (TPSA) is 49.5 Å². The zero-order chi connectivity index (χ0) is 15.6. The summed E-state index contributed by atoms with van der Waals surface area (Å²) in [6.45, 7) is 4.86. The number of anilines is 2. The molecule has 0 amide bonds. The van der Waals surface area contributed by atoms with E-state index in [4.69, 9.17) is 18.0 Å². The normalized spacial score (nSPS) is 10.4. The van der Waals surface area contributed by atoms with Gasteiger partial charge in [0.2, 0.25) is 0 Å². The highest BCUT2D eigenvalue weighted by molar-refractivity contribution is 9.10. The van der Waals surface area contributed by atoms with Gasteiger partial charge in [-0.2, -0.15) is 0 Å². The molecule has 2 aromatic rings. The Balaban J connectivity index is 2.51. The number of phenolic OH excluding ortho intramolecular Hbond substituents is 1. The lowest BCUT2D eigenvalue weighted by molar-refractivity contribution is 0.475. The standard InChI is InChI=1S/C16H17BrN2OS/c1-3-19(15-9-12(20)6-4-10(15)2)14-7-5-11(16(18)21)8-13(14)17/h4-9,20H,3H2,1-2H3,(H2,18,21). The first kappa shape index (κ1) is 15.8. The molecular weight excluding hydrogens is 348 g/mol. The fourth-order valence-electron chi connectivity index (χ4n) is 2.24. The first-order valence-electron chi connectivity index (χ1n) is 6.60. The summed E-state index contributed by atoms with van der Waals surface area (Å²) in [6, 6.07) is 11.2. The molecule has 0 aromatic heterocycles. The number of aryl methyl sites for hydroxylation is 1.